The number of hydrogen-bond donors (Lipinski definition) is 0. The third-order valence-corrected chi connectivity index (χ3v) is 4.36. The van der Waals surface area contributed by atoms with E-state index in [-0.39, 0.29) is 0 Å². The van der Waals surface area contributed by atoms with Crippen LogP contribution in [0.1, 0.15) is 50.2 Å². The van der Waals surface area contributed by atoms with Crippen molar-refractivity contribution in [2.45, 2.75) is 45.4 Å². The lowest BCUT2D eigenvalue weighted by Gasteiger charge is -2.17. The average molecular weight is 226 g/mol. The lowest BCUT2D eigenvalue weighted by Crippen LogP contribution is -2.01. The molecule has 0 unspecified atom stereocenters. The second-order valence-corrected chi connectivity index (χ2v) is 5.60. The third kappa shape index (κ3) is 2.18. The van der Waals surface area contributed by atoms with Gasteiger partial charge in [-0.15, -0.1) is 0 Å². The molecule has 2 aliphatic carbocycles. The van der Waals surface area contributed by atoms with Crippen LogP contribution in [0.2, 0.25) is 0 Å². The number of benzene rings is 1. The summed E-state index contributed by atoms with van der Waals surface area (Å²) in [5.41, 5.74) is 4.81. The first kappa shape index (κ1) is 11.1. The van der Waals surface area contributed by atoms with Crippen molar-refractivity contribution in [1.29, 1.82) is 0 Å². The highest BCUT2D eigenvalue weighted by Gasteiger charge is 2.40. The van der Waals surface area contributed by atoms with Crippen LogP contribution in [0.5, 0.6) is 0 Å². The molecule has 2 aliphatic rings. The maximum Gasteiger partial charge on any atom is -0.0128 e. The molecule has 0 heterocycles. The molecule has 1 fully saturated rings. The molecule has 0 saturated heterocycles. The number of unbranched alkanes of at least 4 members (excludes halogenated alkanes) is 1. The van der Waals surface area contributed by atoms with Gasteiger partial charge in [-0.05, 0) is 54.2 Å². The predicted molar refractivity (Wildman–Crippen MR) is 73.9 cm³/mol. The van der Waals surface area contributed by atoms with Gasteiger partial charge in [-0.1, -0.05) is 50.1 Å². The Morgan fingerprint density at radius 2 is 2.12 bits per heavy atom. The van der Waals surface area contributed by atoms with Crippen LogP contribution >= 0.6 is 0 Å². The molecule has 1 saturated carbocycles. The molecule has 0 nitrogen and oxygen atoms in total. The average Bonchev–Trinajstić information content (AvgIpc) is 3.15. The molecule has 0 N–H and O–H groups in total. The molecule has 0 amide bonds. The molecule has 1 aromatic rings. The molecule has 3 rings (SSSR count). The smallest absolute Gasteiger partial charge is 0.0128 e. The summed E-state index contributed by atoms with van der Waals surface area (Å²) in [5, 5.41) is 0. The van der Waals surface area contributed by atoms with Crippen molar-refractivity contribution in [1.82, 2.24) is 0 Å². The Hall–Kier alpha value is -1.04. The van der Waals surface area contributed by atoms with E-state index in [1.165, 1.54) is 38.5 Å². The van der Waals surface area contributed by atoms with Crippen LogP contribution in [0.4, 0.5) is 0 Å². The Kier molecular flexibility index (Phi) is 3.05. The summed E-state index contributed by atoms with van der Waals surface area (Å²) in [6.45, 7) is 2.30. The minimum atomic E-state index is 0.892. The minimum absolute atomic E-state index is 0.892. The van der Waals surface area contributed by atoms with Crippen molar-refractivity contribution >= 4 is 5.57 Å². The van der Waals surface area contributed by atoms with Crippen molar-refractivity contribution < 1.29 is 0 Å². The number of aryl methyl sites for hydroxylation is 1. The summed E-state index contributed by atoms with van der Waals surface area (Å²) >= 11 is 0. The van der Waals surface area contributed by atoms with Gasteiger partial charge in [0, 0.05) is 0 Å². The number of allylic oxidation sites excluding steroid dienone is 2. The maximum atomic E-state index is 2.51. The summed E-state index contributed by atoms with van der Waals surface area (Å²) in [6, 6.07) is 9.02. The van der Waals surface area contributed by atoms with Crippen LogP contribution < -0.4 is 0 Å². The van der Waals surface area contributed by atoms with E-state index in [4.69, 9.17) is 0 Å². The normalized spacial score (nSPS) is 26.3. The van der Waals surface area contributed by atoms with E-state index in [0.717, 1.165) is 11.8 Å². The van der Waals surface area contributed by atoms with Crippen LogP contribution in [0.15, 0.2) is 30.3 Å². The standard InChI is InChI=1S/C17H22/c1-2-3-7-14-12-17(14)16-11-6-9-13-8-4-5-10-15(13)16/h4-5,8,10-11,14,17H,2-3,6-7,9,12H2,1H3/t14-,17-/m1/s1. The number of rotatable bonds is 4. The number of hydrogen-bond acceptors (Lipinski definition) is 0. The van der Waals surface area contributed by atoms with Gasteiger partial charge in [-0.2, -0.15) is 0 Å². The van der Waals surface area contributed by atoms with Crippen molar-refractivity contribution in [2.24, 2.45) is 11.8 Å². The molecule has 0 spiro atoms. The first-order valence-electron chi connectivity index (χ1n) is 7.18. The van der Waals surface area contributed by atoms with Gasteiger partial charge in [0.05, 0.1) is 0 Å². The predicted octanol–water partition coefficient (Wildman–Crippen LogP) is 4.84. The fourth-order valence-corrected chi connectivity index (χ4v) is 3.28. The van der Waals surface area contributed by atoms with Crippen LogP contribution in [-0.4, -0.2) is 0 Å². The van der Waals surface area contributed by atoms with E-state index in [0.29, 0.717) is 0 Å². The molecule has 1 aromatic carbocycles. The lowest BCUT2D eigenvalue weighted by atomic mass is 9.87. The van der Waals surface area contributed by atoms with Gasteiger partial charge in [0.25, 0.3) is 0 Å². The first-order valence-corrected chi connectivity index (χ1v) is 7.18. The van der Waals surface area contributed by atoms with Gasteiger partial charge < -0.3 is 0 Å². The lowest BCUT2D eigenvalue weighted by molar-refractivity contribution is 0.636. The fraction of sp³-hybridized carbons (Fsp3) is 0.529. The molecule has 0 radical (unpaired) electrons. The Balaban J connectivity index is 1.75. The molecular formula is C17H22. The third-order valence-electron chi connectivity index (χ3n) is 4.36. The van der Waals surface area contributed by atoms with Crippen molar-refractivity contribution in [3.05, 3.63) is 41.5 Å². The zero-order chi connectivity index (χ0) is 11.7. The van der Waals surface area contributed by atoms with Gasteiger partial charge in [-0.25, -0.2) is 0 Å². The topological polar surface area (TPSA) is 0 Å². The zero-order valence-electron chi connectivity index (χ0n) is 10.8. The first-order chi connectivity index (χ1) is 8.40. The van der Waals surface area contributed by atoms with E-state index < -0.39 is 0 Å². The molecule has 90 valence electrons. The van der Waals surface area contributed by atoms with Gasteiger partial charge in [0.1, 0.15) is 0 Å². The SMILES string of the molecule is CCCC[C@@H]1C[C@H]1C1=CCCc2ccccc21. The van der Waals surface area contributed by atoms with E-state index in [9.17, 15) is 0 Å². The minimum Gasteiger partial charge on any atom is -0.0801 e. The highest BCUT2D eigenvalue weighted by molar-refractivity contribution is 5.73. The Labute approximate surface area is 105 Å². The summed E-state index contributed by atoms with van der Waals surface area (Å²) < 4.78 is 0. The molecule has 2 atom stereocenters. The summed E-state index contributed by atoms with van der Waals surface area (Å²) in [4.78, 5) is 0. The Morgan fingerprint density at radius 3 is 3.00 bits per heavy atom. The Morgan fingerprint density at radius 1 is 1.24 bits per heavy atom. The van der Waals surface area contributed by atoms with E-state index in [2.05, 4.69) is 37.3 Å². The highest BCUT2D eigenvalue weighted by Crippen LogP contribution is 2.52. The van der Waals surface area contributed by atoms with E-state index in [1.807, 2.05) is 0 Å². The van der Waals surface area contributed by atoms with Gasteiger partial charge in [-0.3, -0.25) is 0 Å². The Bertz CT molecular complexity index is 427. The van der Waals surface area contributed by atoms with Crippen molar-refractivity contribution in [3.63, 3.8) is 0 Å². The monoisotopic (exact) mass is 226 g/mol. The molecule has 0 heteroatoms. The number of fused-ring (bicyclic) bond motifs is 1. The van der Waals surface area contributed by atoms with Gasteiger partial charge >= 0.3 is 0 Å². The van der Waals surface area contributed by atoms with Crippen molar-refractivity contribution in [3.8, 4) is 0 Å². The second-order valence-electron chi connectivity index (χ2n) is 5.60. The summed E-state index contributed by atoms with van der Waals surface area (Å²) in [7, 11) is 0. The van der Waals surface area contributed by atoms with Crippen molar-refractivity contribution in [2.75, 3.05) is 0 Å². The fourth-order valence-electron chi connectivity index (χ4n) is 3.28. The van der Waals surface area contributed by atoms with E-state index >= 15 is 0 Å². The largest absolute Gasteiger partial charge is 0.0801 e. The summed E-state index contributed by atoms with van der Waals surface area (Å²) in [6.07, 6.45) is 10.7. The molecule has 0 aromatic heterocycles. The highest BCUT2D eigenvalue weighted by atomic mass is 14.4. The van der Waals surface area contributed by atoms with Gasteiger partial charge in [0.15, 0.2) is 0 Å². The summed E-state index contributed by atoms with van der Waals surface area (Å²) in [5.74, 6) is 1.88. The second kappa shape index (κ2) is 4.68. The zero-order valence-corrected chi connectivity index (χ0v) is 10.8. The quantitative estimate of drug-likeness (QED) is 0.689. The van der Waals surface area contributed by atoms with Crippen LogP contribution in [0.3, 0.4) is 0 Å². The van der Waals surface area contributed by atoms with Crippen LogP contribution in [0, 0.1) is 11.8 Å². The van der Waals surface area contributed by atoms with Crippen LogP contribution in [-0.2, 0) is 6.42 Å². The van der Waals surface area contributed by atoms with E-state index in [1.54, 1.807) is 16.7 Å². The van der Waals surface area contributed by atoms with Gasteiger partial charge in [0.2, 0.25) is 0 Å². The molecule has 17 heavy (non-hydrogen) atoms. The molecule has 0 bridgehead atoms. The van der Waals surface area contributed by atoms with Crippen LogP contribution in [0.25, 0.3) is 5.57 Å². The molecular weight excluding hydrogens is 204 g/mol. The molecule has 0 aliphatic heterocycles. The maximum absolute atomic E-state index is 2.51.